The highest BCUT2D eigenvalue weighted by Gasteiger charge is 2.20. The maximum Gasteiger partial charge on any atom is 0.253 e. The normalized spacial score (nSPS) is 17.6. The monoisotopic (exact) mass is 272 g/mol. The number of hydrogen-bond acceptors (Lipinski definition) is 6. The Morgan fingerprint density at radius 1 is 1.39 bits per heavy atom. The van der Waals surface area contributed by atoms with Crippen LogP contribution in [0.2, 0.25) is 0 Å². The standard InChI is InChI=1S/C10H16N4O3S/c1-11-10-8-9(2-3-12-10)18(15,16)13-14-4-6-17-7-5-14/h2-3,8,13H,4-7H2,1H3,(H,11,12). The molecule has 1 aliphatic heterocycles. The van der Waals surface area contributed by atoms with Crippen molar-refractivity contribution in [1.29, 1.82) is 0 Å². The second-order valence-corrected chi connectivity index (χ2v) is 5.48. The van der Waals surface area contributed by atoms with Crippen molar-refractivity contribution in [3.05, 3.63) is 18.3 Å². The summed E-state index contributed by atoms with van der Waals surface area (Å²) in [5.74, 6) is 0.514. The highest BCUT2D eigenvalue weighted by atomic mass is 32.2. The molecule has 2 heterocycles. The smallest absolute Gasteiger partial charge is 0.253 e. The van der Waals surface area contributed by atoms with Crippen LogP contribution in [-0.4, -0.2) is 51.8 Å². The summed E-state index contributed by atoms with van der Waals surface area (Å²) >= 11 is 0. The molecule has 1 fully saturated rings. The molecule has 2 N–H and O–H groups in total. The first-order valence-corrected chi connectivity index (χ1v) is 7.09. The molecule has 0 unspecified atom stereocenters. The molecule has 0 radical (unpaired) electrons. The van der Waals surface area contributed by atoms with Gasteiger partial charge in [0, 0.05) is 32.4 Å². The van der Waals surface area contributed by atoms with E-state index < -0.39 is 10.0 Å². The molecule has 0 bridgehead atoms. The van der Waals surface area contributed by atoms with E-state index >= 15 is 0 Å². The zero-order valence-corrected chi connectivity index (χ0v) is 10.9. The molecular formula is C10H16N4O3S. The maximum absolute atomic E-state index is 12.1. The SMILES string of the molecule is CNc1cc(S(=O)(=O)NN2CCOCC2)ccn1. The third-order valence-corrected chi connectivity index (χ3v) is 3.93. The number of hydrogen-bond donors (Lipinski definition) is 2. The number of nitrogens with one attached hydrogen (secondary N) is 2. The molecule has 8 heteroatoms. The van der Waals surface area contributed by atoms with Crippen molar-refractivity contribution >= 4 is 15.8 Å². The molecule has 18 heavy (non-hydrogen) atoms. The van der Waals surface area contributed by atoms with Crippen LogP contribution >= 0.6 is 0 Å². The molecule has 1 saturated heterocycles. The van der Waals surface area contributed by atoms with Gasteiger partial charge in [-0.1, -0.05) is 0 Å². The van der Waals surface area contributed by atoms with E-state index in [1.807, 2.05) is 0 Å². The van der Waals surface area contributed by atoms with E-state index in [4.69, 9.17) is 4.74 Å². The van der Waals surface area contributed by atoms with Crippen molar-refractivity contribution in [3.8, 4) is 0 Å². The summed E-state index contributed by atoms with van der Waals surface area (Å²) in [6.07, 6.45) is 1.46. The minimum absolute atomic E-state index is 0.188. The van der Waals surface area contributed by atoms with Crippen LogP contribution < -0.4 is 10.1 Å². The number of ether oxygens (including phenoxy) is 1. The van der Waals surface area contributed by atoms with Crippen molar-refractivity contribution < 1.29 is 13.2 Å². The first kappa shape index (κ1) is 13.2. The van der Waals surface area contributed by atoms with Crippen LogP contribution in [0.5, 0.6) is 0 Å². The Labute approximate surface area is 106 Å². The van der Waals surface area contributed by atoms with Crippen LogP contribution in [-0.2, 0) is 14.8 Å². The third kappa shape index (κ3) is 3.16. The molecule has 1 aromatic heterocycles. The molecule has 0 amide bonds. The Hall–Kier alpha value is -1.22. The van der Waals surface area contributed by atoms with Gasteiger partial charge in [-0.15, -0.1) is 4.83 Å². The zero-order chi connectivity index (χ0) is 13.0. The largest absolute Gasteiger partial charge is 0.379 e. The molecule has 1 aliphatic rings. The summed E-state index contributed by atoms with van der Waals surface area (Å²) in [5.41, 5.74) is 0. The highest BCUT2D eigenvalue weighted by molar-refractivity contribution is 7.89. The Morgan fingerprint density at radius 2 is 2.11 bits per heavy atom. The van der Waals surface area contributed by atoms with Crippen molar-refractivity contribution in [2.24, 2.45) is 0 Å². The van der Waals surface area contributed by atoms with E-state index in [0.29, 0.717) is 32.1 Å². The van der Waals surface area contributed by atoms with Gasteiger partial charge in [0.05, 0.1) is 18.1 Å². The number of aromatic nitrogens is 1. The van der Waals surface area contributed by atoms with Gasteiger partial charge in [-0.05, 0) is 6.07 Å². The summed E-state index contributed by atoms with van der Waals surface area (Å²) in [6.45, 7) is 2.15. The number of morpholine rings is 1. The minimum Gasteiger partial charge on any atom is -0.379 e. The van der Waals surface area contributed by atoms with Gasteiger partial charge >= 0.3 is 0 Å². The lowest BCUT2D eigenvalue weighted by molar-refractivity contribution is 0.0272. The quantitative estimate of drug-likeness (QED) is 0.779. The average molecular weight is 272 g/mol. The van der Waals surface area contributed by atoms with Crippen LogP contribution in [0, 0.1) is 0 Å². The number of rotatable bonds is 4. The second-order valence-electron chi connectivity index (χ2n) is 3.82. The molecule has 1 aromatic rings. The van der Waals surface area contributed by atoms with Crippen molar-refractivity contribution in [1.82, 2.24) is 14.8 Å². The van der Waals surface area contributed by atoms with E-state index in [1.54, 1.807) is 12.1 Å². The average Bonchev–Trinajstić information content (AvgIpc) is 2.39. The molecule has 2 rings (SSSR count). The fourth-order valence-electron chi connectivity index (χ4n) is 1.59. The predicted molar refractivity (Wildman–Crippen MR) is 66.5 cm³/mol. The Kier molecular flexibility index (Phi) is 4.12. The lowest BCUT2D eigenvalue weighted by Gasteiger charge is -2.26. The first-order valence-electron chi connectivity index (χ1n) is 5.61. The summed E-state index contributed by atoms with van der Waals surface area (Å²) in [4.78, 5) is 6.70. The van der Waals surface area contributed by atoms with Gasteiger partial charge in [-0.3, -0.25) is 0 Å². The molecule has 0 aliphatic carbocycles. The molecule has 0 spiro atoms. The van der Waals surface area contributed by atoms with Crippen LogP contribution in [0.4, 0.5) is 5.82 Å². The fraction of sp³-hybridized carbons (Fsp3) is 0.500. The number of hydrazine groups is 1. The topological polar surface area (TPSA) is 83.6 Å². The van der Waals surface area contributed by atoms with Gasteiger partial charge in [-0.2, -0.15) is 0 Å². The molecule has 0 saturated carbocycles. The number of nitrogens with zero attached hydrogens (tertiary/aromatic N) is 2. The summed E-state index contributed by atoms with van der Waals surface area (Å²) in [6, 6.07) is 2.95. The van der Waals surface area contributed by atoms with Crippen molar-refractivity contribution in [2.75, 3.05) is 38.7 Å². The summed E-state index contributed by atoms with van der Waals surface area (Å²) < 4.78 is 29.4. The van der Waals surface area contributed by atoms with E-state index in [-0.39, 0.29) is 4.90 Å². The Bertz CT molecular complexity index is 500. The lowest BCUT2D eigenvalue weighted by atomic mass is 10.5. The van der Waals surface area contributed by atoms with Crippen molar-refractivity contribution in [2.45, 2.75) is 4.90 Å². The van der Waals surface area contributed by atoms with Crippen LogP contribution in [0.1, 0.15) is 0 Å². The molecule has 100 valence electrons. The zero-order valence-electron chi connectivity index (χ0n) is 10.1. The molecule has 7 nitrogen and oxygen atoms in total. The fourth-order valence-corrected chi connectivity index (χ4v) is 2.73. The minimum atomic E-state index is -3.55. The third-order valence-electron chi connectivity index (χ3n) is 2.56. The lowest BCUT2D eigenvalue weighted by Crippen LogP contribution is -2.48. The van der Waals surface area contributed by atoms with Crippen LogP contribution in [0.25, 0.3) is 0 Å². The summed E-state index contributed by atoms with van der Waals surface area (Å²) in [7, 11) is -1.86. The van der Waals surface area contributed by atoms with Crippen molar-refractivity contribution in [3.63, 3.8) is 0 Å². The highest BCUT2D eigenvalue weighted by Crippen LogP contribution is 2.12. The Morgan fingerprint density at radius 3 is 2.78 bits per heavy atom. The van der Waals surface area contributed by atoms with Gasteiger partial charge < -0.3 is 10.1 Å². The maximum atomic E-state index is 12.1. The summed E-state index contributed by atoms with van der Waals surface area (Å²) in [5, 5.41) is 4.44. The first-order chi connectivity index (χ1) is 8.62. The van der Waals surface area contributed by atoms with Crippen LogP contribution in [0.3, 0.4) is 0 Å². The van der Waals surface area contributed by atoms with Gasteiger partial charge in [0.2, 0.25) is 0 Å². The van der Waals surface area contributed by atoms with Gasteiger partial charge in [0.15, 0.2) is 0 Å². The second kappa shape index (κ2) is 5.61. The van der Waals surface area contributed by atoms with E-state index in [9.17, 15) is 8.42 Å². The van der Waals surface area contributed by atoms with E-state index in [1.165, 1.54) is 18.3 Å². The molecule has 0 aromatic carbocycles. The van der Waals surface area contributed by atoms with Gasteiger partial charge in [0.25, 0.3) is 10.0 Å². The van der Waals surface area contributed by atoms with E-state index in [0.717, 1.165) is 0 Å². The van der Waals surface area contributed by atoms with Gasteiger partial charge in [-0.25, -0.2) is 18.4 Å². The molecular weight excluding hydrogens is 256 g/mol. The predicted octanol–water partition coefficient (Wildman–Crippen LogP) is -0.351. The van der Waals surface area contributed by atoms with E-state index in [2.05, 4.69) is 15.1 Å². The Balaban J connectivity index is 2.13. The molecule has 0 atom stereocenters. The van der Waals surface area contributed by atoms with Gasteiger partial charge in [0.1, 0.15) is 5.82 Å². The number of pyridine rings is 1. The van der Waals surface area contributed by atoms with Crippen LogP contribution in [0.15, 0.2) is 23.2 Å². The number of sulfonamides is 1. The number of anilines is 1.